The first-order chi connectivity index (χ1) is 15.0. The van der Waals surface area contributed by atoms with Crippen LogP contribution in [0.5, 0.6) is 0 Å². The predicted octanol–water partition coefficient (Wildman–Crippen LogP) is 5.57. The molecule has 0 spiro atoms. The zero-order valence-corrected chi connectivity index (χ0v) is 21.3. The van der Waals surface area contributed by atoms with Gasteiger partial charge in [0.05, 0.1) is 23.1 Å². The Morgan fingerprint density at radius 2 is 1.59 bits per heavy atom. The monoisotopic (exact) mass is 499 g/mol. The highest BCUT2D eigenvalue weighted by Gasteiger charge is 2.39. The summed E-state index contributed by atoms with van der Waals surface area (Å²) in [7, 11) is -3.35. The summed E-state index contributed by atoms with van der Waals surface area (Å²) in [6.45, 7) is 7.30. The number of benzene rings is 2. The van der Waals surface area contributed by atoms with Crippen molar-refractivity contribution in [3.8, 4) is 0 Å². The first kappa shape index (κ1) is 26.7. The molecule has 1 aliphatic heterocycles. The molecule has 0 aromatic heterocycles. The number of rotatable bonds is 5. The maximum Gasteiger partial charge on any atom is 0.249 e. The Balaban J connectivity index is 0.000000439. The SMILES string of the molecule is CCC(CS(=O)(=O)C(C)(C)C)N1C(=O)COCC1c1ccc(Cl)cc1.Clc1ccccc1. The molecule has 1 fully saturated rings. The van der Waals surface area contributed by atoms with Crippen LogP contribution in [0.2, 0.25) is 10.0 Å². The van der Waals surface area contributed by atoms with Crippen molar-refractivity contribution >= 4 is 38.9 Å². The van der Waals surface area contributed by atoms with Crippen molar-refractivity contribution in [1.29, 1.82) is 0 Å². The van der Waals surface area contributed by atoms with Gasteiger partial charge in [0, 0.05) is 16.1 Å². The average molecular weight is 500 g/mol. The van der Waals surface area contributed by atoms with Gasteiger partial charge in [-0.05, 0) is 57.0 Å². The molecule has 176 valence electrons. The van der Waals surface area contributed by atoms with Crippen LogP contribution < -0.4 is 0 Å². The number of sulfone groups is 1. The second-order valence-electron chi connectivity index (χ2n) is 8.63. The van der Waals surface area contributed by atoms with Gasteiger partial charge in [0.2, 0.25) is 5.91 Å². The third-order valence-corrected chi connectivity index (χ3v) is 8.52. The van der Waals surface area contributed by atoms with E-state index in [1.54, 1.807) is 37.8 Å². The van der Waals surface area contributed by atoms with Gasteiger partial charge in [-0.3, -0.25) is 4.79 Å². The average Bonchev–Trinajstić information content (AvgIpc) is 2.73. The van der Waals surface area contributed by atoms with E-state index in [-0.39, 0.29) is 30.4 Å². The van der Waals surface area contributed by atoms with Gasteiger partial charge in [-0.2, -0.15) is 0 Å². The van der Waals surface area contributed by atoms with E-state index in [0.717, 1.165) is 10.6 Å². The number of hydrogen-bond donors (Lipinski definition) is 0. The molecule has 0 bridgehead atoms. The minimum atomic E-state index is -3.35. The first-order valence-electron chi connectivity index (χ1n) is 10.5. The molecule has 2 aromatic rings. The molecule has 2 aromatic carbocycles. The van der Waals surface area contributed by atoms with E-state index < -0.39 is 14.6 Å². The molecular formula is C24H31Cl2NO4S. The minimum Gasteiger partial charge on any atom is -0.369 e. The van der Waals surface area contributed by atoms with Gasteiger partial charge >= 0.3 is 0 Å². The lowest BCUT2D eigenvalue weighted by Crippen LogP contribution is -2.52. The van der Waals surface area contributed by atoms with E-state index in [1.807, 2.05) is 49.4 Å². The van der Waals surface area contributed by atoms with Crippen molar-refractivity contribution in [2.24, 2.45) is 0 Å². The standard InChI is InChI=1S/C18H26ClNO4S.C6H5Cl/c1-5-15(12-25(22,23)18(2,3)4)20-16(10-24-11-17(20)21)13-6-8-14(19)9-7-13;7-6-4-2-1-3-5-6/h6-9,15-16H,5,10-12H2,1-4H3;1-5H. The van der Waals surface area contributed by atoms with E-state index in [9.17, 15) is 13.2 Å². The summed E-state index contributed by atoms with van der Waals surface area (Å²) in [6, 6.07) is 16.0. The highest BCUT2D eigenvalue weighted by atomic mass is 35.5. The van der Waals surface area contributed by atoms with Gasteiger partial charge in [0.1, 0.15) is 6.61 Å². The molecule has 2 unspecified atom stereocenters. The van der Waals surface area contributed by atoms with E-state index in [0.29, 0.717) is 18.1 Å². The number of morpholine rings is 1. The van der Waals surface area contributed by atoms with Crippen LogP contribution in [0.4, 0.5) is 0 Å². The molecule has 0 N–H and O–H groups in total. The molecule has 0 aliphatic carbocycles. The fraction of sp³-hybridized carbons (Fsp3) is 0.458. The summed E-state index contributed by atoms with van der Waals surface area (Å²) in [5, 5.41) is 1.41. The Hall–Kier alpha value is -1.60. The minimum absolute atomic E-state index is 0.0177. The summed E-state index contributed by atoms with van der Waals surface area (Å²) in [5.74, 6) is -0.231. The Kier molecular flexibility index (Phi) is 9.58. The lowest BCUT2D eigenvalue weighted by molar-refractivity contribution is -0.151. The molecule has 5 nitrogen and oxygen atoms in total. The van der Waals surface area contributed by atoms with Gasteiger partial charge < -0.3 is 9.64 Å². The molecule has 0 saturated carbocycles. The fourth-order valence-electron chi connectivity index (χ4n) is 3.30. The van der Waals surface area contributed by atoms with E-state index in [1.165, 1.54) is 0 Å². The molecule has 1 amide bonds. The van der Waals surface area contributed by atoms with Crippen LogP contribution in [0, 0.1) is 0 Å². The van der Waals surface area contributed by atoms with Crippen LogP contribution in [-0.4, -0.2) is 49.0 Å². The normalized spacial score (nSPS) is 18.0. The summed E-state index contributed by atoms with van der Waals surface area (Å²) in [4.78, 5) is 14.3. The Morgan fingerprint density at radius 1 is 1.03 bits per heavy atom. The molecule has 1 aliphatic rings. The maximum atomic E-state index is 12.7. The van der Waals surface area contributed by atoms with Crippen LogP contribution in [-0.2, 0) is 19.4 Å². The van der Waals surface area contributed by atoms with Crippen LogP contribution in [0.1, 0.15) is 45.7 Å². The smallest absolute Gasteiger partial charge is 0.249 e. The van der Waals surface area contributed by atoms with E-state index >= 15 is 0 Å². The van der Waals surface area contributed by atoms with Crippen molar-refractivity contribution in [3.05, 3.63) is 70.2 Å². The second kappa shape index (κ2) is 11.5. The van der Waals surface area contributed by atoms with E-state index in [4.69, 9.17) is 27.9 Å². The molecule has 3 rings (SSSR count). The van der Waals surface area contributed by atoms with Crippen molar-refractivity contribution in [2.75, 3.05) is 19.0 Å². The second-order valence-corrected chi connectivity index (χ2v) is 12.3. The summed E-state index contributed by atoms with van der Waals surface area (Å²) in [6.07, 6.45) is 0.561. The van der Waals surface area contributed by atoms with Gasteiger partial charge in [-0.25, -0.2) is 8.42 Å². The number of ether oxygens (including phenoxy) is 1. The molecule has 2 atom stereocenters. The Labute approximate surface area is 201 Å². The van der Waals surface area contributed by atoms with Crippen molar-refractivity contribution in [1.82, 2.24) is 4.90 Å². The maximum absolute atomic E-state index is 12.7. The van der Waals surface area contributed by atoms with Crippen LogP contribution >= 0.6 is 23.2 Å². The highest BCUT2D eigenvalue weighted by molar-refractivity contribution is 7.92. The molecule has 1 saturated heterocycles. The molecule has 8 heteroatoms. The fourth-order valence-corrected chi connectivity index (χ4v) is 4.97. The number of hydrogen-bond acceptors (Lipinski definition) is 4. The van der Waals surface area contributed by atoms with E-state index in [2.05, 4.69) is 0 Å². The zero-order chi connectivity index (χ0) is 23.9. The zero-order valence-electron chi connectivity index (χ0n) is 18.9. The first-order valence-corrected chi connectivity index (χ1v) is 12.9. The molecular weight excluding hydrogens is 469 g/mol. The largest absolute Gasteiger partial charge is 0.369 e. The van der Waals surface area contributed by atoms with Crippen LogP contribution in [0.3, 0.4) is 0 Å². The quantitative estimate of drug-likeness (QED) is 0.539. The van der Waals surface area contributed by atoms with Crippen molar-refractivity contribution in [3.63, 3.8) is 0 Å². The number of carbonyl (C=O) groups excluding carboxylic acids is 1. The van der Waals surface area contributed by atoms with Gasteiger partial charge in [-0.15, -0.1) is 0 Å². The number of nitrogens with zero attached hydrogens (tertiary/aromatic N) is 1. The predicted molar refractivity (Wildman–Crippen MR) is 131 cm³/mol. The summed E-state index contributed by atoms with van der Waals surface area (Å²) in [5.41, 5.74) is 0.893. The lowest BCUT2D eigenvalue weighted by Gasteiger charge is -2.41. The van der Waals surface area contributed by atoms with Gasteiger partial charge in [0.25, 0.3) is 0 Å². The third-order valence-electron chi connectivity index (χ3n) is 5.32. The number of carbonyl (C=O) groups is 1. The number of halogens is 2. The van der Waals surface area contributed by atoms with Crippen molar-refractivity contribution < 1.29 is 17.9 Å². The third kappa shape index (κ3) is 7.20. The molecule has 0 radical (unpaired) electrons. The Bertz CT molecular complexity index is 973. The Morgan fingerprint density at radius 3 is 2.06 bits per heavy atom. The van der Waals surface area contributed by atoms with Gasteiger partial charge in [0.15, 0.2) is 9.84 Å². The highest BCUT2D eigenvalue weighted by Crippen LogP contribution is 2.30. The summed E-state index contributed by atoms with van der Waals surface area (Å²) >= 11 is 11.5. The molecule has 32 heavy (non-hydrogen) atoms. The molecule has 1 heterocycles. The van der Waals surface area contributed by atoms with Crippen LogP contribution in [0.15, 0.2) is 54.6 Å². The van der Waals surface area contributed by atoms with Crippen molar-refractivity contribution in [2.45, 2.75) is 50.9 Å². The summed E-state index contributed by atoms with van der Waals surface area (Å²) < 4.78 is 29.9. The topological polar surface area (TPSA) is 63.7 Å². The van der Waals surface area contributed by atoms with Crippen LogP contribution in [0.25, 0.3) is 0 Å². The number of amides is 1. The van der Waals surface area contributed by atoms with Gasteiger partial charge in [-0.1, -0.05) is 60.5 Å². The lowest BCUT2D eigenvalue weighted by atomic mass is 10.0.